The average molecular weight is 231 g/mol. The molecular weight excluding hydrogens is 214 g/mol. The molecule has 0 aromatic carbocycles. The Bertz CT molecular complexity index is 491. The van der Waals surface area contributed by atoms with Crippen molar-refractivity contribution in [3.8, 4) is 0 Å². The van der Waals surface area contributed by atoms with Gasteiger partial charge < -0.3 is 5.11 Å². The molecule has 0 unspecified atom stereocenters. The third-order valence-electron chi connectivity index (χ3n) is 3.00. The van der Waals surface area contributed by atoms with Gasteiger partial charge in [0.15, 0.2) is 0 Å². The van der Waals surface area contributed by atoms with Crippen molar-refractivity contribution in [2.45, 2.75) is 33.4 Å². The number of aliphatic hydroxyl groups excluding tert-OH is 1. The van der Waals surface area contributed by atoms with E-state index in [4.69, 9.17) is 0 Å². The highest BCUT2D eigenvalue weighted by atomic mass is 16.3. The third kappa shape index (κ3) is 2.53. The lowest BCUT2D eigenvalue weighted by molar-refractivity contribution is 0.280. The van der Waals surface area contributed by atoms with E-state index < -0.39 is 0 Å². The van der Waals surface area contributed by atoms with E-state index >= 15 is 0 Å². The summed E-state index contributed by atoms with van der Waals surface area (Å²) >= 11 is 0. The fourth-order valence-corrected chi connectivity index (χ4v) is 1.95. The number of hydrogen-bond acceptors (Lipinski definition) is 3. The number of aromatic nitrogens is 3. The Hall–Kier alpha value is -1.68. The topological polar surface area (TPSA) is 50.9 Å². The minimum atomic E-state index is 0.0568. The van der Waals surface area contributed by atoms with Crippen molar-refractivity contribution in [1.29, 1.82) is 0 Å². The van der Waals surface area contributed by atoms with Crippen LogP contribution >= 0.6 is 0 Å². The van der Waals surface area contributed by atoms with Gasteiger partial charge in [0, 0.05) is 36.1 Å². The summed E-state index contributed by atoms with van der Waals surface area (Å²) in [7, 11) is 0. The Kier molecular flexibility index (Phi) is 3.54. The van der Waals surface area contributed by atoms with Gasteiger partial charge >= 0.3 is 0 Å². The first-order valence-electron chi connectivity index (χ1n) is 5.76. The highest BCUT2D eigenvalue weighted by Gasteiger charge is 2.09. The van der Waals surface area contributed by atoms with Crippen LogP contribution in [0.2, 0.25) is 0 Å². The average Bonchev–Trinajstić information content (AvgIpc) is 2.63. The molecule has 2 aromatic rings. The highest BCUT2D eigenvalue weighted by molar-refractivity contribution is 5.23. The van der Waals surface area contributed by atoms with Crippen molar-refractivity contribution in [2.75, 3.05) is 0 Å². The smallest absolute Gasteiger partial charge is 0.0718 e. The van der Waals surface area contributed by atoms with E-state index in [-0.39, 0.29) is 6.61 Å². The van der Waals surface area contributed by atoms with Gasteiger partial charge in [-0.25, -0.2) is 0 Å². The lowest BCUT2D eigenvalue weighted by atomic mass is 10.2. The molecule has 17 heavy (non-hydrogen) atoms. The SMILES string of the molecule is Cc1nn(CCc2ccccn2)c(C)c1CO. The summed E-state index contributed by atoms with van der Waals surface area (Å²) in [6.45, 7) is 4.77. The van der Waals surface area contributed by atoms with Crippen molar-refractivity contribution in [2.24, 2.45) is 0 Å². The van der Waals surface area contributed by atoms with Gasteiger partial charge in [0.2, 0.25) is 0 Å². The van der Waals surface area contributed by atoms with Gasteiger partial charge in [-0.3, -0.25) is 9.67 Å². The Morgan fingerprint density at radius 1 is 1.29 bits per heavy atom. The van der Waals surface area contributed by atoms with E-state index in [0.717, 1.165) is 35.6 Å². The fourth-order valence-electron chi connectivity index (χ4n) is 1.95. The molecule has 2 aromatic heterocycles. The summed E-state index contributed by atoms with van der Waals surface area (Å²) in [6, 6.07) is 5.91. The number of aliphatic hydroxyl groups is 1. The minimum Gasteiger partial charge on any atom is -0.392 e. The van der Waals surface area contributed by atoms with E-state index in [0.29, 0.717) is 0 Å². The van der Waals surface area contributed by atoms with Gasteiger partial charge in [0.25, 0.3) is 0 Å². The minimum absolute atomic E-state index is 0.0568. The molecule has 2 heterocycles. The monoisotopic (exact) mass is 231 g/mol. The van der Waals surface area contributed by atoms with Crippen LogP contribution in [0.4, 0.5) is 0 Å². The fraction of sp³-hybridized carbons (Fsp3) is 0.385. The molecule has 0 amide bonds. The molecule has 0 aliphatic heterocycles. The van der Waals surface area contributed by atoms with Crippen LogP contribution in [0, 0.1) is 13.8 Å². The summed E-state index contributed by atoms with van der Waals surface area (Å²) < 4.78 is 1.94. The van der Waals surface area contributed by atoms with Crippen LogP contribution in [0.15, 0.2) is 24.4 Å². The Labute approximate surface area is 101 Å². The van der Waals surface area contributed by atoms with Gasteiger partial charge in [0.05, 0.1) is 12.3 Å². The largest absolute Gasteiger partial charge is 0.392 e. The summed E-state index contributed by atoms with van der Waals surface area (Å²) in [4.78, 5) is 4.28. The Morgan fingerprint density at radius 3 is 2.71 bits per heavy atom. The molecule has 1 N–H and O–H groups in total. The predicted octanol–water partition coefficient (Wildman–Crippen LogP) is 1.63. The number of nitrogens with zero attached hydrogens (tertiary/aromatic N) is 3. The maximum absolute atomic E-state index is 9.23. The molecule has 0 spiro atoms. The lowest BCUT2D eigenvalue weighted by Crippen LogP contribution is -2.06. The predicted molar refractivity (Wildman–Crippen MR) is 65.6 cm³/mol. The summed E-state index contributed by atoms with van der Waals surface area (Å²) in [5.74, 6) is 0. The second-order valence-electron chi connectivity index (χ2n) is 4.10. The molecule has 4 nitrogen and oxygen atoms in total. The summed E-state index contributed by atoms with van der Waals surface area (Å²) in [6.07, 6.45) is 2.66. The maximum atomic E-state index is 9.23. The molecule has 90 valence electrons. The Balaban J connectivity index is 2.10. The van der Waals surface area contributed by atoms with Crippen LogP contribution in [0.25, 0.3) is 0 Å². The molecule has 0 radical (unpaired) electrons. The van der Waals surface area contributed by atoms with Crippen LogP contribution in [-0.4, -0.2) is 19.9 Å². The van der Waals surface area contributed by atoms with Gasteiger partial charge in [-0.05, 0) is 26.0 Å². The number of aryl methyl sites for hydroxylation is 3. The molecule has 4 heteroatoms. The number of pyridine rings is 1. The standard InChI is InChI=1S/C13H17N3O/c1-10-13(9-17)11(2)16(15-10)8-6-12-5-3-4-7-14-12/h3-5,7,17H,6,8-9H2,1-2H3. The second kappa shape index (κ2) is 5.10. The van der Waals surface area contributed by atoms with Crippen LogP contribution in [0.3, 0.4) is 0 Å². The zero-order valence-corrected chi connectivity index (χ0v) is 10.2. The van der Waals surface area contributed by atoms with Crippen LogP contribution in [0.1, 0.15) is 22.6 Å². The van der Waals surface area contributed by atoms with E-state index in [2.05, 4.69) is 10.1 Å². The van der Waals surface area contributed by atoms with Gasteiger partial charge in [-0.15, -0.1) is 0 Å². The summed E-state index contributed by atoms with van der Waals surface area (Å²) in [5.41, 5.74) is 3.95. The summed E-state index contributed by atoms with van der Waals surface area (Å²) in [5, 5.41) is 13.7. The molecule has 0 aliphatic carbocycles. The van der Waals surface area contributed by atoms with Crippen LogP contribution < -0.4 is 0 Å². The van der Waals surface area contributed by atoms with Gasteiger partial charge in [0.1, 0.15) is 0 Å². The first kappa shape index (κ1) is 11.8. The van der Waals surface area contributed by atoms with Crippen molar-refractivity contribution in [1.82, 2.24) is 14.8 Å². The zero-order chi connectivity index (χ0) is 12.3. The lowest BCUT2D eigenvalue weighted by Gasteiger charge is -2.04. The van der Waals surface area contributed by atoms with Gasteiger partial charge in [-0.1, -0.05) is 6.07 Å². The molecule has 0 saturated heterocycles. The maximum Gasteiger partial charge on any atom is 0.0718 e. The van der Waals surface area contributed by atoms with Gasteiger partial charge in [-0.2, -0.15) is 5.10 Å². The number of hydrogen-bond donors (Lipinski definition) is 1. The van der Waals surface area contributed by atoms with Crippen LogP contribution in [0.5, 0.6) is 0 Å². The quantitative estimate of drug-likeness (QED) is 0.870. The van der Waals surface area contributed by atoms with Crippen LogP contribution in [-0.2, 0) is 19.6 Å². The van der Waals surface area contributed by atoms with E-state index in [9.17, 15) is 5.11 Å². The molecule has 0 aliphatic rings. The van der Waals surface area contributed by atoms with E-state index in [1.54, 1.807) is 6.20 Å². The van der Waals surface area contributed by atoms with Crippen molar-refractivity contribution in [3.63, 3.8) is 0 Å². The first-order chi connectivity index (χ1) is 8.22. The second-order valence-corrected chi connectivity index (χ2v) is 4.10. The van der Waals surface area contributed by atoms with Crippen molar-refractivity contribution >= 4 is 0 Å². The Morgan fingerprint density at radius 2 is 2.12 bits per heavy atom. The third-order valence-corrected chi connectivity index (χ3v) is 3.00. The van der Waals surface area contributed by atoms with Crippen molar-refractivity contribution in [3.05, 3.63) is 47.0 Å². The molecule has 0 saturated carbocycles. The zero-order valence-electron chi connectivity index (χ0n) is 10.2. The highest BCUT2D eigenvalue weighted by Crippen LogP contribution is 2.13. The molecular formula is C13H17N3O. The molecule has 2 rings (SSSR count). The van der Waals surface area contributed by atoms with E-state index in [1.807, 2.05) is 36.7 Å². The van der Waals surface area contributed by atoms with E-state index in [1.165, 1.54) is 0 Å². The molecule has 0 fully saturated rings. The molecule has 0 atom stereocenters. The number of rotatable bonds is 4. The molecule has 0 bridgehead atoms. The van der Waals surface area contributed by atoms with Crippen molar-refractivity contribution < 1.29 is 5.11 Å². The first-order valence-corrected chi connectivity index (χ1v) is 5.76. The normalized spacial score (nSPS) is 10.8.